The van der Waals surface area contributed by atoms with Crippen molar-refractivity contribution in [2.45, 2.75) is 12.5 Å². The minimum Gasteiger partial charge on any atom is -0.370 e. The van der Waals surface area contributed by atoms with E-state index in [2.05, 4.69) is 32.9 Å². The zero-order valence-electron chi connectivity index (χ0n) is 12.8. The van der Waals surface area contributed by atoms with Crippen LogP contribution in [0.5, 0.6) is 0 Å². The number of hydrogen-bond acceptors (Lipinski definition) is 2. The van der Waals surface area contributed by atoms with Gasteiger partial charge in [0.2, 0.25) is 5.91 Å². The van der Waals surface area contributed by atoms with E-state index in [0.29, 0.717) is 5.69 Å². The minimum absolute atomic E-state index is 0.0482. The molecule has 0 spiro atoms. The first-order valence-corrected chi connectivity index (χ1v) is 8.54. The first-order chi connectivity index (χ1) is 11.6. The van der Waals surface area contributed by atoms with E-state index in [-0.39, 0.29) is 12.3 Å². The fourth-order valence-corrected chi connectivity index (χ4v) is 3.48. The molecule has 0 unspecified atom stereocenters. The SMILES string of the molecule is NC(=O)C[C@@H](NC(=O)c1[nH]c2ccccc2c1I)c1ccccc1. The predicted molar refractivity (Wildman–Crippen MR) is 101 cm³/mol. The summed E-state index contributed by atoms with van der Waals surface area (Å²) in [4.78, 5) is 27.2. The molecule has 3 rings (SSSR count). The van der Waals surface area contributed by atoms with Gasteiger partial charge >= 0.3 is 0 Å². The van der Waals surface area contributed by atoms with Crippen LogP contribution in [-0.4, -0.2) is 16.8 Å². The normalized spacial score (nSPS) is 12.0. The van der Waals surface area contributed by atoms with E-state index in [1.807, 2.05) is 54.6 Å². The van der Waals surface area contributed by atoms with Crippen LogP contribution in [0.1, 0.15) is 28.5 Å². The molecule has 3 aromatic rings. The molecule has 4 N–H and O–H groups in total. The fraction of sp³-hybridized carbons (Fsp3) is 0.111. The maximum atomic E-state index is 12.7. The second-order valence-electron chi connectivity index (χ2n) is 5.47. The third-order valence-electron chi connectivity index (χ3n) is 3.78. The van der Waals surface area contributed by atoms with E-state index < -0.39 is 11.9 Å². The Balaban J connectivity index is 1.90. The molecule has 24 heavy (non-hydrogen) atoms. The summed E-state index contributed by atoms with van der Waals surface area (Å²) >= 11 is 2.15. The molecule has 0 bridgehead atoms. The number of aromatic amines is 1. The van der Waals surface area contributed by atoms with Gasteiger partial charge in [0.25, 0.3) is 5.91 Å². The van der Waals surface area contributed by atoms with Crippen molar-refractivity contribution in [3.8, 4) is 0 Å². The largest absolute Gasteiger partial charge is 0.370 e. The average molecular weight is 433 g/mol. The molecule has 1 aromatic heterocycles. The summed E-state index contributed by atoms with van der Waals surface area (Å²) in [5, 5.41) is 3.90. The molecule has 5 nitrogen and oxygen atoms in total. The Bertz CT molecular complexity index is 890. The molecule has 1 heterocycles. The van der Waals surface area contributed by atoms with Crippen LogP contribution in [0.2, 0.25) is 0 Å². The molecule has 0 aliphatic carbocycles. The third-order valence-corrected chi connectivity index (χ3v) is 4.90. The molecule has 0 saturated heterocycles. The summed E-state index contributed by atoms with van der Waals surface area (Å²) in [5.74, 6) is -0.721. The molecule has 0 aliphatic heterocycles. The zero-order valence-corrected chi connectivity index (χ0v) is 14.9. The molecule has 2 aromatic carbocycles. The molecule has 2 amide bonds. The van der Waals surface area contributed by atoms with Crippen LogP contribution in [-0.2, 0) is 4.79 Å². The number of carbonyl (C=O) groups excluding carboxylic acids is 2. The second kappa shape index (κ2) is 7.04. The van der Waals surface area contributed by atoms with Crippen molar-refractivity contribution in [3.63, 3.8) is 0 Å². The highest BCUT2D eigenvalue weighted by molar-refractivity contribution is 14.1. The van der Waals surface area contributed by atoms with Gasteiger partial charge in [0.1, 0.15) is 5.69 Å². The highest BCUT2D eigenvalue weighted by atomic mass is 127. The first kappa shape index (κ1) is 16.5. The molecular formula is C18H16IN3O2. The highest BCUT2D eigenvalue weighted by Crippen LogP contribution is 2.25. The quantitative estimate of drug-likeness (QED) is 0.540. The van der Waals surface area contributed by atoms with Crippen LogP contribution in [0.15, 0.2) is 54.6 Å². The summed E-state index contributed by atoms with van der Waals surface area (Å²) < 4.78 is 0.853. The number of nitrogens with two attached hydrogens (primary N) is 1. The van der Waals surface area contributed by atoms with Crippen molar-refractivity contribution in [3.05, 3.63) is 69.4 Å². The van der Waals surface area contributed by atoms with Crippen LogP contribution in [0, 0.1) is 3.57 Å². The van der Waals surface area contributed by atoms with Gasteiger partial charge in [-0.3, -0.25) is 9.59 Å². The summed E-state index contributed by atoms with van der Waals surface area (Å²) in [6.45, 7) is 0. The molecule has 0 fully saturated rings. The van der Waals surface area contributed by atoms with Gasteiger partial charge in [-0.05, 0) is 34.2 Å². The summed E-state index contributed by atoms with van der Waals surface area (Å²) in [6.07, 6.45) is 0.0482. The average Bonchev–Trinajstić information content (AvgIpc) is 2.92. The third kappa shape index (κ3) is 3.43. The fourth-order valence-electron chi connectivity index (χ4n) is 2.63. The summed E-state index contributed by atoms with van der Waals surface area (Å²) in [6, 6.07) is 16.6. The molecule has 0 aliphatic rings. The number of halogens is 1. The zero-order chi connectivity index (χ0) is 17.1. The van der Waals surface area contributed by atoms with E-state index in [0.717, 1.165) is 20.0 Å². The van der Waals surface area contributed by atoms with Crippen molar-refractivity contribution < 1.29 is 9.59 Å². The Labute approximate surface area is 152 Å². The van der Waals surface area contributed by atoms with E-state index >= 15 is 0 Å². The smallest absolute Gasteiger partial charge is 0.269 e. The van der Waals surface area contributed by atoms with Gasteiger partial charge < -0.3 is 16.0 Å². The van der Waals surface area contributed by atoms with Crippen LogP contribution < -0.4 is 11.1 Å². The van der Waals surface area contributed by atoms with Gasteiger partial charge in [-0.25, -0.2) is 0 Å². The van der Waals surface area contributed by atoms with Crippen LogP contribution >= 0.6 is 22.6 Å². The van der Waals surface area contributed by atoms with Crippen molar-refractivity contribution in [1.82, 2.24) is 10.3 Å². The van der Waals surface area contributed by atoms with E-state index in [4.69, 9.17) is 5.73 Å². The first-order valence-electron chi connectivity index (χ1n) is 7.46. The minimum atomic E-state index is -0.463. The topological polar surface area (TPSA) is 88.0 Å². The number of aromatic nitrogens is 1. The number of rotatable bonds is 5. The van der Waals surface area contributed by atoms with E-state index in [1.54, 1.807) is 0 Å². The Morgan fingerprint density at radius 1 is 1.08 bits per heavy atom. The Morgan fingerprint density at radius 3 is 2.42 bits per heavy atom. The Morgan fingerprint density at radius 2 is 1.75 bits per heavy atom. The highest BCUT2D eigenvalue weighted by Gasteiger charge is 2.21. The molecule has 1 atom stereocenters. The van der Waals surface area contributed by atoms with Gasteiger partial charge in [0, 0.05) is 10.9 Å². The number of H-pyrrole nitrogens is 1. The predicted octanol–water partition coefficient (Wildman–Crippen LogP) is 3.12. The van der Waals surface area contributed by atoms with E-state index in [9.17, 15) is 9.59 Å². The van der Waals surface area contributed by atoms with Gasteiger partial charge in [-0.1, -0.05) is 48.5 Å². The van der Waals surface area contributed by atoms with Crippen molar-refractivity contribution in [2.75, 3.05) is 0 Å². The maximum absolute atomic E-state index is 12.7. The van der Waals surface area contributed by atoms with Gasteiger partial charge in [0.05, 0.1) is 16.0 Å². The number of fused-ring (bicyclic) bond motifs is 1. The second-order valence-corrected chi connectivity index (χ2v) is 6.55. The van der Waals surface area contributed by atoms with Crippen molar-refractivity contribution in [2.24, 2.45) is 5.73 Å². The number of benzene rings is 2. The number of amides is 2. The number of nitrogens with one attached hydrogen (secondary N) is 2. The van der Waals surface area contributed by atoms with E-state index in [1.165, 1.54) is 0 Å². The summed E-state index contributed by atoms with van der Waals surface area (Å²) in [5.41, 5.74) is 7.57. The van der Waals surface area contributed by atoms with Gasteiger partial charge in [-0.2, -0.15) is 0 Å². The van der Waals surface area contributed by atoms with Crippen molar-refractivity contribution >= 4 is 45.3 Å². The lowest BCUT2D eigenvalue weighted by molar-refractivity contribution is -0.118. The number of hydrogen-bond donors (Lipinski definition) is 3. The standard InChI is InChI=1S/C18H16IN3O2/c19-16-12-8-4-5-9-13(12)21-17(16)18(24)22-14(10-15(20)23)11-6-2-1-3-7-11/h1-9,14,21H,10H2,(H2,20,23)(H,22,24)/t14-/m1/s1. The molecule has 0 radical (unpaired) electrons. The molecular weight excluding hydrogens is 417 g/mol. The molecule has 6 heteroatoms. The van der Waals surface area contributed by atoms with Gasteiger partial charge in [-0.15, -0.1) is 0 Å². The number of para-hydroxylation sites is 1. The Hall–Kier alpha value is -2.35. The lowest BCUT2D eigenvalue weighted by Crippen LogP contribution is -2.32. The van der Waals surface area contributed by atoms with Crippen molar-refractivity contribution in [1.29, 1.82) is 0 Å². The Kier molecular flexibility index (Phi) is 4.84. The maximum Gasteiger partial charge on any atom is 0.269 e. The molecule has 122 valence electrons. The molecule has 0 saturated carbocycles. The summed E-state index contributed by atoms with van der Waals surface area (Å²) in [7, 11) is 0. The number of primary amides is 1. The van der Waals surface area contributed by atoms with Gasteiger partial charge in [0.15, 0.2) is 0 Å². The lowest BCUT2D eigenvalue weighted by Gasteiger charge is -2.17. The number of carbonyl (C=O) groups is 2. The monoisotopic (exact) mass is 433 g/mol. The lowest BCUT2D eigenvalue weighted by atomic mass is 10.0. The van der Waals surface area contributed by atoms with Crippen LogP contribution in [0.25, 0.3) is 10.9 Å². The van der Waals surface area contributed by atoms with Crippen LogP contribution in [0.3, 0.4) is 0 Å². The van der Waals surface area contributed by atoms with Crippen LogP contribution in [0.4, 0.5) is 0 Å².